The molecule has 1 aromatic heterocycles. The van der Waals surface area contributed by atoms with Crippen molar-refractivity contribution in [2.24, 2.45) is 0 Å². The molecule has 1 atom stereocenters. The fraction of sp³-hybridized carbons (Fsp3) is 0.0769. The lowest BCUT2D eigenvalue weighted by atomic mass is 10.0. The van der Waals surface area contributed by atoms with Crippen LogP contribution in [0.5, 0.6) is 0 Å². The normalized spacial score (nSPS) is 12.1. The zero-order valence-electron chi connectivity index (χ0n) is 9.18. The molecule has 5 heteroatoms. The van der Waals surface area contributed by atoms with Crippen LogP contribution in [0.1, 0.15) is 11.7 Å². The summed E-state index contributed by atoms with van der Waals surface area (Å²) >= 11 is 3.26. The Bertz CT molecular complexity index is 727. The van der Waals surface area contributed by atoms with Gasteiger partial charge in [-0.15, -0.1) is 0 Å². The van der Waals surface area contributed by atoms with Crippen molar-refractivity contribution in [3.8, 4) is 6.07 Å². The Hall–Kier alpha value is -1.90. The first-order chi connectivity index (χ1) is 8.54. The first-order valence-corrected chi connectivity index (χ1v) is 5.82. The second kappa shape index (κ2) is 4.77. The highest BCUT2D eigenvalue weighted by Crippen LogP contribution is 2.22. The third-order valence-electron chi connectivity index (χ3n) is 2.53. The smallest absolute Gasteiger partial charge is 0.198 e. The number of halogens is 1. The molecule has 18 heavy (non-hydrogen) atoms. The van der Waals surface area contributed by atoms with Gasteiger partial charge in [0.25, 0.3) is 0 Å². The molecule has 4 nitrogen and oxygen atoms in total. The molecule has 1 unspecified atom stereocenters. The first-order valence-electron chi connectivity index (χ1n) is 5.02. The van der Waals surface area contributed by atoms with Crippen molar-refractivity contribution in [3.05, 3.63) is 56.9 Å². The molecule has 1 heterocycles. The molecule has 0 aliphatic carbocycles. The number of aliphatic hydroxyl groups is 1. The number of benzene rings is 1. The molecule has 0 fully saturated rings. The summed E-state index contributed by atoms with van der Waals surface area (Å²) in [7, 11) is 0. The molecular weight excluding hydrogens is 298 g/mol. The Morgan fingerprint density at radius 3 is 2.94 bits per heavy atom. The molecule has 0 spiro atoms. The van der Waals surface area contributed by atoms with Crippen LogP contribution in [0.4, 0.5) is 0 Å². The van der Waals surface area contributed by atoms with Crippen molar-refractivity contribution in [1.29, 1.82) is 5.26 Å². The van der Waals surface area contributed by atoms with E-state index in [-0.39, 0.29) is 16.6 Å². The third-order valence-corrected chi connectivity index (χ3v) is 3.02. The molecule has 1 aromatic carbocycles. The van der Waals surface area contributed by atoms with E-state index in [4.69, 9.17) is 9.68 Å². The number of fused-ring (bicyclic) bond motifs is 1. The molecule has 1 N–H and O–H groups in total. The first kappa shape index (κ1) is 12.6. The lowest BCUT2D eigenvalue weighted by molar-refractivity contribution is 0.217. The quantitative estimate of drug-likeness (QED) is 0.866. The summed E-state index contributed by atoms with van der Waals surface area (Å²) in [4.78, 5) is 12.2. The molecule has 0 aliphatic heterocycles. The summed E-state index contributed by atoms with van der Waals surface area (Å²) in [6.45, 7) is 3.39. The van der Waals surface area contributed by atoms with Gasteiger partial charge in [0.15, 0.2) is 5.43 Å². The van der Waals surface area contributed by atoms with Crippen molar-refractivity contribution in [2.45, 2.75) is 6.10 Å². The Labute approximate surface area is 111 Å². The minimum Gasteiger partial charge on any atom is -0.464 e. The standard InChI is InChI=1S/C13H8BrNO3/c1-7(5-15)12(16)10-6-18-11-3-2-8(14)4-9(11)13(10)17/h2-4,6,12,16H,1H2. The van der Waals surface area contributed by atoms with Crippen LogP contribution in [0.25, 0.3) is 11.0 Å². The third kappa shape index (κ3) is 2.08. The maximum absolute atomic E-state index is 12.2. The van der Waals surface area contributed by atoms with E-state index in [1.54, 1.807) is 24.3 Å². The molecule has 0 saturated heterocycles. The number of rotatable bonds is 2. The van der Waals surface area contributed by atoms with E-state index in [1.807, 2.05) is 0 Å². The van der Waals surface area contributed by atoms with Crippen molar-refractivity contribution in [3.63, 3.8) is 0 Å². The topological polar surface area (TPSA) is 74.2 Å². The Morgan fingerprint density at radius 1 is 1.56 bits per heavy atom. The van der Waals surface area contributed by atoms with E-state index in [0.717, 1.165) is 10.7 Å². The maximum atomic E-state index is 12.2. The summed E-state index contributed by atoms with van der Waals surface area (Å²) < 4.78 is 5.99. The Morgan fingerprint density at radius 2 is 2.28 bits per heavy atom. The molecular formula is C13H8BrNO3. The fourth-order valence-electron chi connectivity index (χ4n) is 1.56. The van der Waals surface area contributed by atoms with Crippen molar-refractivity contribution in [1.82, 2.24) is 0 Å². The van der Waals surface area contributed by atoms with E-state index in [1.165, 1.54) is 0 Å². The van der Waals surface area contributed by atoms with Crippen molar-refractivity contribution >= 4 is 26.9 Å². The predicted octanol–water partition coefficient (Wildman–Crippen LogP) is 2.67. The molecule has 90 valence electrons. The average molecular weight is 306 g/mol. The largest absolute Gasteiger partial charge is 0.464 e. The van der Waals surface area contributed by atoms with Crippen LogP contribution in [-0.2, 0) is 0 Å². The summed E-state index contributed by atoms with van der Waals surface area (Å²) in [6.07, 6.45) is -0.180. The minimum atomic E-state index is -1.34. The van der Waals surface area contributed by atoms with E-state index >= 15 is 0 Å². The van der Waals surface area contributed by atoms with Gasteiger partial charge >= 0.3 is 0 Å². The monoisotopic (exact) mass is 305 g/mol. The molecule has 0 amide bonds. The van der Waals surface area contributed by atoms with Crippen LogP contribution in [0.3, 0.4) is 0 Å². The van der Waals surface area contributed by atoms with Gasteiger partial charge < -0.3 is 9.52 Å². The van der Waals surface area contributed by atoms with E-state index in [0.29, 0.717) is 11.0 Å². The second-order valence-corrected chi connectivity index (χ2v) is 4.62. The van der Waals surface area contributed by atoms with Gasteiger partial charge in [-0.1, -0.05) is 22.5 Å². The van der Waals surface area contributed by atoms with Crippen LogP contribution in [0, 0.1) is 11.3 Å². The van der Waals surface area contributed by atoms with Crippen molar-refractivity contribution in [2.75, 3.05) is 0 Å². The van der Waals surface area contributed by atoms with Crippen LogP contribution < -0.4 is 5.43 Å². The molecule has 2 aromatic rings. The van der Waals surface area contributed by atoms with Gasteiger partial charge in [-0.2, -0.15) is 5.26 Å². The van der Waals surface area contributed by atoms with Crippen LogP contribution in [0.2, 0.25) is 0 Å². The Kier molecular flexibility index (Phi) is 3.32. The molecule has 0 saturated carbocycles. The van der Waals surface area contributed by atoms with Gasteiger partial charge in [0, 0.05) is 4.47 Å². The lowest BCUT2D eigenvalue weighted by Crippen LogP contribution is -2.14. The summed E-state index contributed by atoms with van der Waals surface area (Å²) in [5, 5.41) is 18.8. The fourth-order valence-corrected chi connectivity index (χ4v) is 1.92. The van der Waals surface area contributed by atoms with E-state index in [9.17, 15) is 9.90 Å². The van der Waals surface area contributed by atoms with Gasteiger partial charge in [0.05, 0.1) is 22.6 Å². The summed E-state index contributed by atoms with van der Waals surface area (Å²) in [5.74, 6) is 0. The molecule has 0 aliphatic rings. The molecule has 2 rings (SSSR count). The molecule has 0 bridgehead atoms. The van der Waals surface area contributed by atoms with Gasteiger partial charge in [-0.25, -0.2) is 0 Å². The van der Waals surface area contributed by atoms with Crippen LogP contribution in [0.15, 0.2) is 50.3 Å². The summed E-state index contributed by atoms with van der Waals surface area (Å²) in [6, 6.07) is 6.71. The van der Waals surface area contributed by atoms with E-state index in [2.05, 4.69) is 22.5 Å². The zero-order chi connectivity index (χ0) is 13.3. The zero-order valence-corrected chi connectivity index (χ0v) is 10.8. The van der Waals surface area contributed by atoms with Crippen LogP contribution >= 0.6 is 15.9 Å². The van der Waals surface area contributed by atoms with Crippen molar-refractivity contribution < 1.29 is 9.52 Å². The SMILES string of the molecule is C=C(C#N)C(O)c1coc2ccc(Br)cc2c1=O. The number of nitrogens with zero attached hydrogens (tertiary/aromatic N) is 1. The number of hydrogen-bond donors (Lipinski definition) is 1. The number of aliphatic hydroxyl groups excluding tert-OH is 1. The highest BCUT2D eigenvalue weighted by atomic mass is 79.9. The van der Waals surface area contributed by atoms with Gasteiger partial charge in [-0.05, 0) is 18.2 Å². The van der Waals surface area contributed by atoms with Gasteiger partial charge in [0.2, 0.25) is 0 Å². The second-order valence-electron chi connectivity index (χ2n) is 3.70. The average Bonchev–Trinajstić information content (AvgIpc) is 2.38. The predicted molar refractivity (Wildman–Crippen MR) is 69.9 cm³/mol. The lowest BCUT2D eigenvalue weighted by Gasteiger charge is -2.08. The highest BCUT2D eigenvalue weighted by molar-refractivity contribution is 9.10. The summed E-state index contributed by atoms with van der Waals surface area (Å²) in [5.41, 5.74) is -0.0491. The highest BCUT2D eigenvalue weighted by Gasteiger charge is 2.17. The van der Waals surface area contributed by atoms with Gasteiger partial charge in [0.1, 0.15) is 18.0 Å². The minimum absolute atomic E-state index is 0.00662. The van der Waals surface area contributed by atoms with Gasteiger partial charge in [-0.3, -0.25) is 4.79 Å². The van der Waals surface area contributed by atoms with Crippen LogP contribution in [-0.4, -0.2) is 5.11 Å². The number of nitriles is 1. The maximum Gasteiger partial charge on any atom is 0.198 e. The van der Waals surface area contributed by atoms with E-state index < -0.39 is 6.10 Å². The molecule has 0 radical (unpaired) electrons. The number of hydrogen-bond acceptors (Lipinski definition) is 4. The Balaban J connectivity index is 2.69.